The Morgan fingerprint density at radius 2 is 1.66 bits per heavy atom. The summed E-state index contributed by atoms with van der Waals surface area (Å²) in [4.78, 5) is 39.8. The Balaban J connectivity index is 1.47. The fourth-order valence-electron chi connectivity index (χ4n) is 4.02. The first-order valence-corrected chi connectivity index (χ1v) is 12.3. The number of carbonyl (C=O) groups excluding carboxylic acids is 3. The average molecular weight is 531 g/mol. The monoisotopic (exact) mass is 530 g/mol. The standard InChI is InChI=1S/C30H27ClN2O5/c1-19-8-10-22(11-9-19)17-33-20(2)28(30(36)37-3)24(29(33)35)16-21-12-14-23(15-13-21)38-18-27(34)32-26-7-5-4-6-25(26)31/h4-16H,17-18H2,1-3H3,(H,32,34)/b24-16-. The van der Waals surface area contributed by atoms with Crippen LogP contribution in [-0.2, 0) is 25.7 Å². The molecule has 2 amide bonds. The highest BCUT2D eigenvalue weighted by Gasteiger charge is 2.36. The van der Waals surface area contributed by atoms with Gasteiger partial charge >= 0.3 is 5.97 Å². The molecule has 8 heteroatoms. The molecule has 1 N–H and O–H groups in total. The summed E-state index contributed by atoms with van der Waals surface area (Å²) >= 11 is 6.07. The number of para-hydroxylation sites is 1. The highest BCUT2D eigenvalue weighted by molar-refractivity contribution is 6.33. The summed E-state index contributed by atoms with van der Waals surface area (Å²) in [6, 6.07) is 21.7. The normalized spacial score (nSPS) is 14.2. The van der Waals surface area contributed by atoms with E-state index in [4.69, 9.17) is 21.1 Å². The van der Waals surface area contributed by atoms with Gasteiger partial charge in [-0.25, -0.2) is 4.79 Å². The first-order valence-electron chi connectivity index (χ1n) is 11.9. The lowest BCUT2D eigenvalue weighted by Gasteiger charge is -2.18. The zero-order valence-electron chi connectivity index (χ0n) is 21.3. The van der Waals surface area contributed by atoms with Crippen molar-refractivity contribution in [1.29, 1.82) is 0 Å². The molecule has 3 aromatic rings. The molecule has 1 aliphatic heterocycles. The molecule has 0 saturated heterocycles. The van der Waals surface area contributed by atoms with Crippen LogP contribution >= 0.6 is 11.6 Å². The second-order valence-corrected chi connectivity index (χ2v) is 9.18. The molecule has 0 bridgehead atoms. The molecule has 0 aliphatic carbocycles. The van der Waals surface area contributed by atoms with E-state index in [2.05, 4.69) is 5.32 Å². The van der Waals surface area contributed by atoms with Gasteiger partial charge in [-0.05, 0) is 55.3 Å². The second-order valence-electron chi connectivity index (χ2n) is 8.77. The van der Waals surface area contributed by atoms with Crippen LogP contribution in [0.3, 0.4) is 0 Å². The number of anilines is 1. The topological polar surface area (TPSA) is 84.9 Å². The highest BCUT2D eigenvalue weighted by Crippen LogP contribution is 2.33. The zero-order chi connectivity index (χ0) is 27.2. The van der Waals surface area contributed by atoms with Crippen molar-refractivity contribution in [3.8, 4) is 5.75 Å². The smallest absolute Gasteiger partial charge is 0.340 e. The van der Waals surface area contributed by atoms with Crippen LogP contribution in [0.2, 0.25) is 5.02 Å². The minimum Gasteiger partial charge on any atom is -0.484 e. The fourth-order valence-corrected chi connectivity index (χ4v) is 4.20. The second kappa shape index (κ2) is 11.8. The van der Waals surface area contributed by atoms with Crippen molar-refractivity contribution in [2.45, 2.75) is 20.4 Å². The van der Waals surface area contributed by atoms with Crippen LogP contribution in [0.5, 0.6) is 5.75 Å². The number of ether oxygens (including phenoxy) is 2. The van der Waals surface area contributed by atoms with E-state index in [1.54, 1.807) is 66.4 Å². The maximum atomic E-state index is 13.4. The van der Waals surface area contributed by atoms with Gasteiger partial charge in [0, 0.05) is 5.70 Å². The molecule has 0 unspecified atom stereocenters. The van der Waals surface area contributed by atoms with Crippen LogP contribution in [0.4, 0.5) is 5.69 Å². The quantitative estimate of drug-likeness (QED) is 0.305. The molecule has 38 heavy (non-hydrogen) atoms. The molecule has 1 aliphatic rings. The van der Waals surface area contributed by atoms with Crippen LogP contribution in [0.15, 0.2) is 89.6 Å². The summed E-state index contributed by atoms with van der Waals surface area (Å²) in [5.41, 5.74) is 4.31. The first-order chi connectivity index (χ1) is 18.3. The van der Waals surface area contributed by atoms with Gasteiger partial charge in [0.15, 0.2) is 6.61 Å². The number of hydrogen-bond acceptors (Lipinski definition) is 5. The van der Waals surface area contributed by atoms with Gasteiger partial charge in [0.25, 0.3) is 11.8 Å². The Bertz CT molecular complexity index is 1430. The van der Waals surface area contributed by atoms with Crippen molar-refractivity contribution in [2.24, 2.45) is 0 Å². The third kappa shape index (κ3) is 6.12. The number of esters is 1. The number of allylic oxidation sites excluding steroid dienone is 1. The summed E-state index contributed by atoms with van der Waals surface area (Å²) < 4.78 is 10.6. The van der Waals surface area contributed by atoms with Gasteiger partial charge < -0.3 is 19.7 Å². The number of amides is 2. The molecular formula is C30H27ClN2O5. The van der Waals surface area contributed by atoms with Crippen LogP contribution in [-0.4, -0.2) is 36.4 Å². The number of nitrogens with one attached hydrogen (secondary N) is 1. The van der Waals surface area contributed by atoms with Crippen LogP contribution in [0.25, 0.3) is 6.08 Å². The van der Waals surface area contributed by atoms with Crippen molar-refractivity contribution in [3.05, 3.63) is 111 Å². The predicted octanol–water partition coefficient (Wildman–Crippen LogP) is 5.54. The van der Waals surface area contributed by atoms with Crippen molar-refractivity contribution >= 4 is 41.1 Å². The molecule has 0 aromatic heterocycles. The third-order valence-corrected chi connectivity index (χ3v) is 6.40. The van der Waals surface area contributed by atoms with E-state index in [0.717, 1.165) is 11.1 Å². The summed E-state index contributed by atoms with van der Waals surface area (Å²) in [5.74, 6) is -0.726. The fraction of sp³-hybridized carbons (Fsp3) is 0.167. The lowest BCUT2D eigenvalue weighted by molar-refractivity contribution is -0.136. The van der Waals surface area contributed by atoms with Gasteiger partial charge in [-0.1, -0.05) is 65.7 Å². The van der Waals surface area contributed by atoms with Crippen molar-refractivity contribution in [3.63, 3.8) is 0 Å². The predicted molar refractivity (Wildman–Crippen MR) is 146 cm³/mol. The summed E-state index contributed by atoms with van der Waals surface area (Å²) in [5, 5.41) is 3.14. The molecule has 4 rings (SSSR count). The van der Waals surface area contributed by atoms with E-state index < -0.39 is 5.97 Å². The van der Waals surface area contributed by atoms with Crippen molar-refractivity contribution in [1.82, 2.24) is 4.90 Å². The SMILES string of the molecule is COC(=O)C1=C(C)N(Cc2ccc(C)cc2)C(=O)/C1=C\c1ccc(OCC(=O)Nc2ccccc2Cl)cc1. The Morgan fingerprint density at radius 1 is 0.974 bits per heavy atom. The van der Waals surface area contributed by atoms with Gasteiger partial charge in [0.2, 0.25) is 0 Å². The van der Waals surface area contributed by atoms with Gasteiger partial charge in [-0.3, -0.25) is 9.59 Å². The number of rotatable bonds is 8. The van der Waals surface area contributed by atoms with E-state index in [-0.39, 0.29) is 29.6 Å². The van der Waals surface area contributed by atoms with E-state index in [0.29, 0.717) is 34.3 Å². The number of aryl methyl sites for hydroxylation is 1. The average Bonchev–Trinajstić information content (AvgIpc) is 3.14. The molecule has 0 fully saturated rings. The maximum absolute atomic E-state index is 13.4. The molecule has 7 nitrogen and oxygen atoms in total. The lowest BCUT2D eigenvalue weighted by atomic mass is 10.0. The summed E-state index contributed by atoms with van der Waals surface area (Å²) in [6.07, 6.45) is 1.65. The minimum atomic E-state index is -0.571. The Hall–Kier alpha value is -4.36. The molecule has 1 heterocycles. The largest absolute Gasteiger partial charge is 0.484 e. The number of hydrogen-bond donors (Lipinski definition) is 1. The number of methoxy groups -OCH3 is 1. The van der Waals surface area contributed by atoms with Gasteiger partial charge in [-0.15, -0.1) is 0 Å². The van der Waals surface area contributed by atoms with E-state index in [1.165, 1.54) is 7.11 Å². The maximum Gasteiger partial charge on any atom is 0.340 e. The van der Waals surface area contributed by atoms with Crippen LogP contribution in [0.1, 0.15) is 23.6 Å². The van der Waals surface area contributed by atoms with Gasteiger partial charge in [-0.2, -0.15) is 0 Å². The molecule has 0 atom stereocenters. The minimum absolute atomic E-state index is 0.202. The number of carbonyl (C=O) groups is 3. The summed E-state index contributed by atoms with van der Waals surface area (Å²) in [6.45, 7) is 3.88. The first kappa shape index (κ1) is 26.7. The van der Waals surface area contributed by atoms with Crippen LogP contribution < -0.4 is 10.1 Å². The molecule has 0 spiro atoms. The number of halogens is 1. The van der Waals surface area contributed by atoms with E-state index in [1.807, 2.05) is 31.2 Å². The zero-order valence-corrected chi connectivity index (χ0v) is 22.0. The van der Waals surface area contributed by atoms with E-state index in [9.17, 15) is 14.4 Å². The summed E-state index contributed by atoms with van der Waals surface area (Å²) in [7, 11) is 1.29. The van der Waals surface area contributed by atoms with Crippen molar-refractivity contribution < 1.29 is 23.9 Å². The van der Waals surface area contributed by atoms with Crippen molar-refractivity contribution in [2.75, 3.05) is 19.0 Å². The number of nitrogens with zero attached hydrogens (tertiary/aromatic N) is 1. The number of benzene rings is 3. The van der Waals surface area contributed by atoms with E-state index >= 15 is 0 Å². The molecule has 0 saturated carbocycles. The van der Waals surface area contributed by atoms with Crippen LogP contribution in [0, 0.1) is 6.92 Å². The Morgan fingerprint density at radius 3 is 2.32 bits per heavy atom. The third-order valence-electron chi connectivity index (χ3n) is 6.07. The lowest BCUT2D eigenvalue weighted by Crippen LogP contribution is -2.24. The Labute approximate surface area is 226 Å². The van der Waals surface area contributed by atoms with Gasteiger partial charge in [0.1, 0.15) is 5.75 Å². The molecule has 0 radical (unpaired) electrons. The van der Waals surface area contributed by atoms with Gasteiger partial charge in [0.05, 0.1) is 35.5 Å². The highest BCUT2D eigenvalue weighted by atomic mass is 35.5. The molecule has 3 aromatic carbocycles. The Kier molecular flexibility index (Phi) is 8.28. The molecular weight excluding hydrogens is 504 g/mol. The molecule has 194 valence electrons.